The van der Waals surface area contributed by atoms with E-state index in [0.29, 0.717) is 38.2 Å². The maximum absolute atomic E-state index is 13.5. The number of carbonyl (C=O) groups is 2. The molecule has 0 aliphatic heterocycles. The SMILES string of the molecule is C=C(CC(C)(C)C(C)(C)C(=O)C(C)(C)OCCC(C)(C)OC)C(=O)OCCN(CC)CCC. The molecule has 0 rings (SSSR count). The highest BCUT2D eigenvalue weighted by atomic mass is 16.5. The minimum atomic E-state index is -0.963. The number of rotatable bonds is 17. The molecule has 0 saturated heterocycles. The van der Waals surface area contributed by atoms with Crippen LogP contribution < -0.4 is 0 Å². The van der Waals surface area contributed by atoms with E-state index >= 15 is 0 Å². The molecule has 0 heterocycles. The van der Waals surface area contributed by atoms with Crippen LogP contribution in [-0.4, -0.2) is 67.8 Å². The lowest BCUT2D eigenvalue weighted by Gasteiger charge is -2.44. The number of esters is 1. The summed E-state index contributed by atoms with van der Waals surface area (Å²) in [7, 11) is 1.67. The summed E-state index contributed by atoms with van der Waals surface area (Å²) < 4.78 is 16.9. The summed E-state index contributed by atoms with van der Waals surface area (Å²) in [6, 6.07) is 0. The number of ether oxygens (including phenoxy) is 3. The number of carbonyl (C=O) groups excluding carboxylic acids is 2. The molecular formula is C27H51NO5. The first-order valence-electron chi connectivity index (χ1n) is 12.3. The van der Waals surface area contributed by atoms with E-state index in [4.69, 9.17) is 14.2 Å². The topological polar surface area (TPSA) is 65.1 Å². The Labute approximate surface area is 203 Å². The van der Waals surface area contributed by atoms with Crippen molar-refractivity contribution in [1.82, 2.24) is 4.90 Å². The fourth-order valence-corrected chi connectivity index (χ4v) is 3.72. The number of nitrogens with zero attached hydrogens (tertiary/aromatic N) is 1. The van der Waals surface area contributed by atoms with Crippen LogP contribution in [0.25, 0.3) is 0 Å². The van der Waals surface area contributed by atoms with Crippen molar-refractivity contribution in [3.8, 4) is 0 Å². The van der Waals surface area contributed by atoms with E-state index in [9.17, 15) is 9.59 Å². The Balaban J connectivity index is 5.05. The average Bonchev–Trinajstić information content (AvgIpc) is 2.71. The van der Waals surface area contributed by atoms with Crippen molar-refractivity contribution in [1.29, 1.82) is 0 Å². The summed E-state index contributed by atoms with van der Waals surface area (Å²) >= 11 is 0. The molecule has 0 aliphatic carbocycles. The van der Waals surface area contributed by atoms with Gasteiger partial charge in [-0.3, -0.25) is 4.79 Å². The summed E-state index contributed by atoms with van der Waals surface area (Å²) in [5.41, 5.74) is -2.16. The Morgan fingerprint density at radius 2 is 1.48 bits per heavy atom. The van der Waals surface area contributed by atoms with Gasteiger partial charge < -0.3 is 19.1 Å². The quantitative estimate of drug-likeness (QED) is 0.209. The highest BCUT2D eigenvalue weighted by Gasteiger charge is 2.49. The van der Waals surface area contributed by atoms with E-state index < -0.39 is 22.4 Å². The van der Waals surface area contributed by atoms with Gasteiger partial charge >= 0.3 is 5.97 Å². The first-order chi connectivity index (χ1) is 15.0. The second kappa shape index (κ2) is 13.0. The molecule has 0 fully saturated rings. The number of hydrogen-bond acceptors (Lipinski definition) is 6. The molecule has 0 unspecified atom stereocenters. The van der Waals surface area contributed by atoms with Crippen LogP contribution in [0.15, 0.2) is 12.2 Å². The van der Waals surface area contributed by atoms with E-state index in [2.05, 4.69) is 25.3 Å². The maximum atomic E-state index is 13.5. The van der Waals surface area contributed by atoms with Gasteiger partial charge in [0.15, 0.2) is 5.78 Å². The van der Waals surface area contributed by atoms with Gasteiger partial charge in [-0.15, -0.1) is 0 Å². The number of Topliss-reactive ketones (excluding diaryl/α,β-unsaturated/α-hetero) is 1. The standard InChI is InChI=1S/C27H51NO5/c1-13-16-28(14-2)17-19-32-22(29)21(3)20-24(4,5)26(8,9)23(30)27(10,11)33-18-15-25(6,7)31-12/h3,13-20H2,1-2,4-12H3. The molecule has 33 heavy (non-hydrogen) atoms. The van der Waals surface area contributed by atoms with Crippen molar-refractivity contribution in [2.24, 2.45) is 10.8 Å². The normalized spacial score (nSPS) is 13.3. The van der Waals surface area contributed by atoms with Crippen LogP contribution in [0.4, 0.5) is 0 Å². The first kappa shape index (κ1) is 31.8. The predicted molar refractivity (Wildman–Crippen MR) is 135 cm³/mol. The third-order valence-electron chi connectivity index (χ3n) is 7.10. The molecule has 0 spiro atoms. The fourth-order valence-electron chi connectivity index (χ4n) is 3.72. The first-order valence-corrected chi connectivity index (χ1v) is 12.3. The van der Waals surface area contributed by atoms with Crippen LogP contribution >= 0.6 is 0 Å². The van der Waals surface area contributed by atoms with Crippen LogP contribution in [0.1, 0.15) is 88.5 Å². The van der Waals surface area contributed by atoms with E-state index in [0.717, 1.165) is 19.5 Å². The van der Waals surface area contributed by atoms with Crippen molar-refractivity contribution in [2.45, 2.75) is 99.7 Å². The molecule has 0 bridgehead atoms. The summed E-state index contributed by atoms with van der Waals surface area (Å²) in [5, 5.41) is 0. The van der Waals surface area contributed by atoms with Crippen LogP contribution in [-0.2, 0) is 23.8 Å². The van der Waals surface area contributed by atoms with Crippen molar-refractivity contribution >= 4 is 11.8 Å². The van der Waals surface area contributed by atoms with Crippen LogP contribution in [0.2, 0.25) is 0 Å². The monoisotopic (exact) mass is 469 g/mol. The summed E-state index contributed by atoms with van der Waals surface area (Å²) in [5.74, 6) is -0.397. The molecule has 0 aromatic heterocycles. The minimum absolute atomic E-state index is 0.00505. The van der Waals surface area contributed by atoms with Gasteiger partial charge in [-0.1, -0.05) is 48.1 Å². The molecule has 0 radical (unpaired) electrons. The Bertz CT molecular complexity index is 649. The average molecular weight is 470 g/mol. The summed E-state index contributed by atoms with van der Waals surface area (Å²) in [6.07, 6.45) is 2.11. The van der Waals surface area contributed by atoms with Gasteiger partial charge in [-0.05, 0) is 65.5 Å². The predicted octanol–water partition coefficient (Wildman–Crippen LogP) is 5.44. The highest BCUT2D eigenvalue weighted by Crippen LogP contribution is 2.46. The fraction of sp³-hybridized carbons (Fsp3) is 0.852. The zero-order valence-electron chi connectivity index (χ0n) is 23.4. The van der Waals surface area contributed by atoms with E-state index in [-0.39, 0.29) is 11.4 Å². The maximum Gasteiger partial charge on any atom is 0.333 e. The summed E-state index contributed by atoms with van der Waals surface area (Å²) in [6.45, 7) is 27.0. The zero-order valence-corrected chi connectivity index (χ0v) is 23.4. The highest BCUT2D eigenvalue weighted by molar-refractivity contribution is 5.92. The Morgan fingerprint density at radius 1 is 0.909 bits per heavy atom. The van der Waals surface area contributed by atoms with E-state index in [1.54, 1.807) is 7.11 Å². The van der Waals surface area contributed by atoms with Gasteiger partial charge in [0.1, 0.15) is 12.2 Å². The molecule has 0 amide bonds. The largest absolute Gasteiger partial charge is 0.461 e. The molecular weight excluding hydrogens is 418 g/mol. The lowest BCUT2D eigenvalue weighted by atomic mass is 9.60. The third-order valence-corrected chi connectivity index (χ3v) is 7.10. The Hall–Kier alpha value is -1.24. The smallest absolute Gasteiger partial charge is 0.333 e. The number of ketones is 1. The third kappa shape index (κ3) is 9.87. The molecule has 6 heteroatoms. The van der Waals surface area contributed by atoms with Gasteiger partial charge in [-0.2, -0.15) is 0 Å². The lowest BCUT2D eigenvalue weighted by Crippen LogP contribution is -2.51. The Morgan fingerprint density at radius 3 is 1.97 bits per heavy atom. The van der Waals surface area contributed by atoms with Gasteiger partial charge in [0.05, 0.1) is 12.2 Å². The van der Waals surface area contributed by atoms with Crippen molar-refractivity contribution in [3.05, 3.63) is 12.2 Å². The molecule has 0 atom stereocenters. The van der Waals surface area contributed by atoms with Crippen molar-refractivity contribution < 1.29 is 23.8 Å². The van der Waals surface area contributed by atoms with E-state index in [1.165, 1.54) is 0 Å². The van der Waals surface area contributed by atoms with Crippen LogP contribution in [0.3, 0.4) is 0 Å². The number of likely N-dealkylation sites (N-methyl/N-ethyl adjacent to an activating group) is 1. The van der Waals surface area contributed by atoms with Crippen molar-refractivity contribution in [3.63, 3.8) is 0 Å². The van der Waals surface area contributed by atoms with Crippen molar-refractivity contribution in [2.75, 3.05) is 40.0 Å². The molecule has 0 saturated carbocycles. The number of hydrogen-bond donors (Lipinski definition) is 0. The molecule has 0 aliphatic rings. The second-order valence-electron chi connectivity index (χ2n) is 11.3. The van der Waals surface area contributed by atoms with Gasteiger partial charge in [-0.25, -0.2) is 4.79 Å². The molecule has 6 nitrogen and oxygen atoms in total. The minimum Gasteiger partial charge on any atom is -0.461 e. The van der Waals surface area contributed by atoms with Crippen LogP contribution in [0, 0.1) is 10.8 Å². The lowest BCUT2D eigenvalue weighted by molar-refractivity contribution is -0.158. The Kier molecular flexibility index (Phi) is 12.5. The molecule has 194 valence electrons. The van der Waals surface area contributed by atoms with E-state index in [1.807, 2.05) is 55.4 Å². The van der Waals surface area contributed by atoms with Gasteiger partial charge in [0, 0.05) is 24.6 Å². The summed E-state index contributed by atoms with van der Waals surface area (Å²) in [4.78, 5) is 28.3. The van der Waals surface area contributed by atoms with Gasteiger partial charge in [0.2, 0.25) is 0 Å². The molecule has 0 N–H and O–H groups in total. The molecule has 0 aromatic rings. The van der Waals surface area contributed by atoms with Crippen LogP contribution in [0.5, 0.6) is 0 Å². The molecule has 0 aromatic carbocycles. The second-order valence-corrected chi connectivity index (χ2v) is 11.3. The zero-order chi connectivity index (χ0) is 26.1. The number of methoxy groups -OCH3 is 1. The van der Waals surface area contributed by atoms with Gasteiger partial charge in [0.25, 0.3) is 0 Å².